The molecule has 0 aliphatic heterocycles. The molecule has 0 bridgehead atoms. The highest BCUT2D eigenvalue weighted by Gasteiger charge is 2.59. The molecule has 0 aromatic carbocycles. The van der Waals surface area contributed by atoms with Gasteiger partial charge in [-0.2, -0.15) is 0 Å². The van der Waals surface area contributed by atoms with E-state index in [4.69, 9.17) is 0 Å². The molecule has 3 saturated carbocycles. The third kappa shape index (κ3) is 2.00. The number of aliphatic hydroxyl groups is 1. The highest BCUT2D eigenvalue weighted by atomic mass is 16.3. The van der Waals surface area contributed by atoms with Gasteiger partial charge in [-0.05, 0) is 91.3 Å². The minimum absolute atomic E-state index is 0.111. The molecule has 4 aliphatic rings. The fraction of sp³-hybridized carbons (Fsp3) is 0.762. The van der Waals surface area contributed by atoms with Gasteiger partial charge in [0.15, 0.2) is 5.78 Å². The van der Waals surface area contributed by atoms with E-state index >= 15 is 0 Å². The lowest BCUT2D eigenvalue weighted by atomic mass is 9.46. The van der Waals surface area contributed by atoms with Gasteiger partial charge in [-0.1, -0.05) is 19.9 Å². The summed E-state index contributed by atoms with van der Waals surface area (Å²) in [5.74, 6) is 2.34. The van der Waals surface area contributed by atoms with Gasteiger partial charge < -0.3 is 5.11 Å². The van der Waals surface area contributed by atoms with E-state index in [2.05, 4.69) is 26.8 Å². The van der Waals surface area contributed by atoms with Gasteiger partial charge in [-0.15, -0.1) is 0 Å². The number of carbonyl (C=O) groups is 1. The summed E-state index contributed by atoms with van der Waals surface area (Å²) in [5.41, 5.74) is 3.06. The van der Waals surface area contributed by atoms with Gasteiger partial charge in [0.05, 0.1) is 6.10 Å². The van der Waals surface area contributed by atoms with Gasteiger partial charge in [-0.25, -0.2) is 0 Å². The fourth-order valence-electron chi connectivity index (χ4n) is 6.73. The van der Waals surface area contributed by atoms with Crippen LogP contribution in [0.2, 0.25) is 0 Å². The molecule has 0 saturated heterocycles. The molecule has 2 nitrogen and oxygen atoms in total. The topological polar surface area (TPSA) is 37.3 Å². The van der Waals surface area contributed by atoms with Crippen LogP contribution in [-0.4, -0.2) is 17.0 Å². The number of carbonyl (C=O) groups excluding carboxylic acids is 1. The van der Waals surface area contributed by atoms with Crippen molar-refractivity contribution in [1.82, 2.24) is 0 Å². The Morgan fingerprint density at radius 1 is 1.17 bits per heavy atom. The van der Waals surface area contributed by atoms with Gasteiger partial charge in [0.1, 0.15) is 0 Å². The van der Waals surface area contributed by atoms with Crippen molar-refractivity contribution >= 4 is 5.78 Å². The summed E-state index contributed by atoms with van der Waals surface area (Å²) in [6.07, 6.45) is 11.5. The van der Waals surface area contributed by atoms with Gasteiger partial charge in [0.25, 0.3) is 0 Å². The van der Waals surface area contributed by atoms with E-state index in [1.807, 2.05) is 6.08 Å². The molecular formula is C21H30O2. The van der Waals surface area contributed by atoms with Crippen molar-refractivity contribution in [3.63, 3.8) is 0 Å². The number of hydrogen-bond donors (Lipinski definition) is 1. The third-order valence-electron chi connectivity index (χ3n) is 8.17. The first-order chi connectivity index (χ1) is 10.9. The summed E-state index contributed by atoms with van der Waals surface area (Å²) < 4.78 is 0. The van der Waals surface area contributed by atoms with E-state index in [0.717, 1.165) is 25.7 Å². The summed E-state index contributed by atoms with van der Waals surface area (Å²) in [6, 6.07) is 0. The van der Waals surface area contributed by atoms with E-state index in [0.29, 0.717) is 30.0 Å². The largest absolute Gasteiger partial charge is 0.393 e. The third-order valence-corrected chi connectivity index (χ3v) is 8.17. The van der Waals surface area contributed by atoms with Crippen LogP contribution < -0.4 is 0 Å². The van der Waals surface area contributed by atoms with Gasteiger partial charge >= 0.3 is 0 Å². The lowest BCUT2D eigenvalue weighted by molar-refractivity contribution is -0.117. The van der Waals surface area contributed by atoms with Gasteiger partial charge in [0.2, 0.25) is 0 Å². The molecule has 0 radical (unpaired) electrons. The molecule has 6 atom stereocenters. The van der Waals surface area contributed by atoms with Crippen LogP contribution in [0.15, 0.2) is 23.3 Å². The first-order valence-electron chi connectivity index (χ1n) is 9.49. The lowest BCUT2D eigenvalue weighted by Gasteiger charge is -2.58. The van der Waals surface area contributed by atoms with Crippen LogP contribution in [0.1, 0.15) is 65.7 Å². The van der Waals surface area contributed by atoms with Crippen LogP contribution in [0.25, 0.3) is 0 Å². The summed E-state index contributed by atoms with van der Waals surface area (Å²) in [7, 11) is 0. The zero-order chi connectivity index (χ0) is 16.4. The van der Waals surface area contributed by atoms with Crippen molar-refractivity contribution in [2.24, 2.45) is 28.6 Å². The Bertz CT molecular complexity index is 601. The molecule has 4 rings (SSSR count). The molecule has 23 heavy (non-hydrogen) atoms. The summed E-state index contributed by atoms with van der Waals surface area (Å²) >= 11 is 0. The Hall–Kier alpha value is -0.890. The zero-order valence-electron chi connectivity index (χ0n) is 14.8. The van der Waals surface area contributed by atoms with Crippen molar-refractivity contribution in [2.45, 2.75) is 71.8 Å². The highest BCUT2D eigenvalue weighted by molar-refractivity contribution is 5.92. The van der Waals surface area contributed by atoms with Crippen LogP contribution in [0, 0.1) is 28.6 Å². The Morgan fingerprint density at radius 2 is 1.96 bits per heavy atom. The summed E-state index contributed by atoms with van der Waals surface area (Å²) in [5, 5.41) is 10.6. The number of allylic oxidation sites excluding steroid dienone is 3. The van der Waals surface area contributed by atoms with Crippen molar-refractivity contribution < 1.29 is 9.90 Å². The maximum atomic E-state index is 12.0. The van der Waals surface area contributed by atoms with E-state index in [9.17, 15) is 9.90 Å². The monoisotopic (exact) mass is 314 g/mol. The molecular weight excluding hydrogens is 284 g/mol. The molecule has 0 amide bonds. The summed E-state index contributed by atoms with van der Waals surface area (Å²) in [6.45, 7) is 6.88. The fourth-order valence-corrected chi connectivity index (χ4v) is 6.73. The number of rotatable bonds is 0. The normalized spacial score (nSPS) is 51.0. The minimum Gasteiger partial charge on any atom is -0.393 e. The second-order valence-corrected chi connectivity index (χ2v) is 8.97. The predicted molar refractivity (Wildman–Crippen MR) is 91.9 cm³/mol. The van der Waals surface area contributed by atoms with Crippen molar-refractivity contribution in [3.05, 3.63) is 23.3 Å². The van der Waals surface area contributed by atoms with Crippen molar-refractivity contribution in [1.29, 1.82) is 0 Å². The average molecular weight is 314 g/mol. The first kappa shape index (κ1) is 15.6. The number of fused-ring (bicyclic) bond motifs is 5. The van der Waals surface area contributed by atoms with Crippen LogP contribution in [0.4, 0.5) is 0 Å². The Labute approximate surface area is 140 Å². The SMILES string of the molecule is CC=C1C[C@H]2[C@H]3CC[C@@H](O)[C@@]3(C)CC[C@@H]2[C@@]2(C)CCC(=O)C=C12. The lowest BCUT2D eigenvalue weighted by Crippen LogP contribution is -2.51. The molecule has 0 heterocycles. The van der Waals surface area contributed by atoms with E-state index < -0.39 is 0 Å². The first-order valence-corrected chi connectivity index (χ1v) is 9.49. The summed E-state index contributed by atoms with van der Waals surface area (Å²) in [4.78, 5) is 12.0. The maximum Gasteiger partial charge on any atom is 0.156 e. The Kier molecular flexibility index (Phi) is 3.43. The number of aliphatic hydroxyl groups excluding tert-OH is 1. The Balaban J connectivity index is 1.77. The van der Waals surface area contributed by atoms with Crippen molar-refractivity contribution in [3.8, 4) is 0 Å². The molecule has 3 fully saturated rings. The van der Waals surface area contributed by atoms with Gasteiger partial charge in [0, 0.05) is 6.42 Å². The molecule has 2 heteroatoms. The van der Waals surface area contributed by atoms with E-state index in [1.54, 1.807) is 0 Å². The van der Waals surface area contributed by atoms with E-state index in [1.165, 1.54) is 24.0 Å². The number of ketones is 1. The number of hydrogen-bond acceptors (Lipinski definition) is 2. The van der Waals surface area contributed by atoms with Crippen LogP contribution in [0.5, 0.6) is 0 Å². The standard InChI is InChI=1S/C21H30O2/c1-4-13-11-15-16-5-6-19(23)21(16,3)10-8-17(15)20(2)9-7-14(22)12-18(13)20/h4,12,15-17,19,23H,5-11H2,1-3H3/t15-,16+,17-,19+,20+,21-/m0/s1. The molecule has 126 valence electrons. The van der Waals surface area contributed by atoms with E-state index in [-0.39, 0.29) is 16.9 Å². The minimum atomic E-state index is -0.111. The molecule has 0 aromatic heterocycles. The van der Waals surface area contributed by atoms with Crippen LogP contribution in [-0.2, 0) is 4.79 Å². The second-order valence-electron chi connectivity index (χ2n) is 8.97. The molecule has 4 aliphatic carbocycles. The maximum absolute atomic E-state index is 12.0. The smallest absolute Gasteiger partial charge is 0.156 e. The predicted octanol–water partition coefficient (Wildman–Crippen LogP) is 4.44. The molecule has 1 N–H and O–H groups in total. The average Bonchev–Trinajstić information content (AvgIpc) is 2.83. The quantitative estimate of drug-likeness (QED) is 0.718. The Morgan fingerprint density at radius 3 is 2.70 bits per heavy atom. The van der Waals surface area contributed by atoms with Crippen molar-refractivity contribution in [2.75, 3.05) is 0 Å². The molecule has 0 spiro atoms. The highest BCUT2D eigenvalue weighted by Crippen LogP contribution is 2.66. The second kappa shape index (κ2) is 5.05. The molecule has 0 unspecified atom stereocenters. The zero-order valence-corrected chi connectivity index (χ0v) is 14.8. The molecule has 0 aromatic rings. The van der Waals surface area contributed by atoms with Gasteiger partial charge in [-0.3, -0.25) is 4.79 Å². The van der Waals surface area contributed by atoms with Crippen LogP contribution in [0.3, 0.4) is 0 Å². The van der Waals surface area contributed by atoms with Crippen LogP contribution >= 0.6 is 0 Å².